The molecular formula is C13H10F3N3O2. The van der Waals surface area contributed by atoms with Crippen molar-refractivity contribution < 1.29 is 18.1 Å². The molecule has 0 radical (unpaired) electrons. The van der Waals surface area contributed by atoms with Gasteiger partial charge in [0.05, 0.1) is 10.5 Å². The number of nitro benzene ring substituents is 1. The topological polar surface area (TPSA) is 68.1 Å². The molecule has 0 aliphatic rings. The highest BCUT2D eigenvalue weighted by atomic mass is 19.4. The van der Waals surface area contributed by atoms with Crippen molar-refractivity contribution in [2.75, 3.05) is 5.32 Å². The van der Waals surface area contributed by atoms with Gasteiger partial charge in [-0.25, -0.2) is 4.98 Å². The lowest BCUT2D eigenvalue weighted by Crippen LogP contribution is -2.12. The maximum Gasteiger partial charge on any atom is 0.419 e. The van der Waals surface area contributed by atoms with E-state index in [0.717, 1.165) is 6.07 Å². The number of nitro groups is 1. The molecule has 0 spiro atoms. The summed E-state index contributed by atoms with van der Waals surface area (Å²) >= 11 is 0. The molecule has 1 aromatic heterocycles. The first kappa shape index (κ1) is 14.8. The molecule has 0 saturated carbocycles. The van der Waals surface area contributed by atoms with Crippen LogP contribution in [0.25, 0.3) is 0 Å². The zero-order valence-electron chi connectivity index (χ0n) is 10.6. The first-order valence-electron chi connectivity index (χ1n) is 5.88. The van der Waals surface area contributed by atoms with Crippen LogP contribution < -0.4 is 5.32 Å². The summed E-state index contributed by atoms with van der Waals surface area (Å²) in [5.41, 5.74) is -0.792. The lowest BCUT2D eigenvalue weighted by atomic mass is 10.1. The maximum absolute atomic E-state index is 12.8. The van der Waals surface area contributed by atoms with Crippen molar-refractivity contribution in [3.63, 3.8) is 0 Å². The lowest BCUT2D eigenvalue weighted by Gasteiger charge is -2.13. The summed E-state index contributed by atoms with van der Waals surface area (Å²) in [5, 5.41) is 13.3. The number of nitrogens with zero attached hydrogens (tertiary/aromatic N) is 2. The van der Waals surface area contributed by atoms with Gasteiger partial charge >= 0.3 is 6.18 Å². The molecule has 0 amide bonds. The van der Waals surface area contributed by atoms with Crippen LogP contribution in [0.5, 0.6) is 0 Å². The monoisotopic (exact) mass is 297 g/mol. The van der Waals surface area contributed by atoms with Gasteiger partial charge in [0.1, 0.15) is 5.82 Å². The van der Waals surface area contributed by atoms with Crippen LogP contribution in [-0.2, 0) is 12.7 Å². The molecule has 1 aromatic carbocycles. The maximum atomic E-state index is 12.8. The number of aromatic nitrogens is 1. The van der Waals surface area contributed by atoms with Crippen molar-refractivity contribution in [2.24, 2.45) is 0 Å². The fourth-order valence-electron chi connectivity index (χ4n) is 1.79. The van der Waals surface area contributed by atoms with Gasteiger partial charge in [-0.15, -0.1) is 0 Å². The van der Waals surface area contributed by atoms with E-state index >= 15 is 0 Å². The Kier molecular flexibility index (Phi) is 4.06. The largest absolute Gasteiger partial charge is 0.419 e. The van der Waals surface area contributed by atoms with Gasteiger partial charge < -0.3 is 5.32 Å². The van der Waals surface area contributed by atoms with Gasteiger partial charge in [-0.2, -0.15) is 13.2 Å². The predicted octanol–water partition coefficient (Wildman–Crippen LogP) is 3.62. The van der Waals surface area contributed by atoms with Gasteiger partial charge in [0, 0.05) is 24.4 Å². The number of anilines is 1. The zero-order valence-corrected chi connectivity index (χ0v) is 10.6. The van der Waals surface area contributed by atoms with Crippen LogP contribution in [0.1, 0.15) is 11.1 Å². The van der Waals surface area contributed by atoms with E-state index in [9.17, 15) is 23.3 Å². The minimum atomic E-state index is -4.54. The molecule has 2 rings (SSSR count). The number of para-hydroxylation sites is 1. The SMILES string of the molecule is O=[N+]([O-])c1ccccc1CNc1ncccc1C(F)(F)F. The Morgan fingerprint density at radius 2 is 1.90 bits per heavy atom. The molecule has 8 heteroatoms. The predicted molar refractivity (Wildman–Crippen MR) is 69.7 cm³/mol. The fourth-order valence-corrected chi connectivity index (χ4v) is 1.79. The molecule has 2 aromatic rings. The summed E-state index contributed by atoms with van der Waals surface area (Å²) in [7, 11) is 0. The molecule has 5 nitrogen and oxygen atoms in total. The summed E-state index contributed by atoms with van der Waals surface area (Å²) in [6, 6.07) is 7.91. The van der Waals surface area contributed by atoms with Crippen LogP contribution in [0.2, 0.25) is 0 Å². The molecule has 0 unspecified atom stereocenters. The first-order chi connectivity index (χ1) is 9.89. The lowest BCUT2D eigenvalue weighted by molar-refractivity contribution is -0.385. The highest BCUT2D eigenvalue weighted by Crippen LogP contribution is 2.33. The minimum absolute atomic E-state index is 0.128. The Morgan fingerprint density at radius 3 is 2.57 bits per heavy atom. The molecule has 21 heavy (non-hydrogen) atoms. The molecule has 0 atom stereocenters. The van der Waals surface area contributed by atoms with Crippen molar-refractivity contribution in [3.05, 3.63) is 63.8 Å². The molecule has 1 N–H and O–H groups in total. The average molecular weight is 297 g/mol. The third-order valence-corrected chi connectivity index (χ3v) is 2.75. The van der Waals surface area contributed by atoms with Gasteiger partial charge in [0.25, 0.3) is 5.69 Å². The van der Waals surface area contributed by atoms with E-state index in [4.69, 9.17) is 0 Å². The van der Waals surface area contributed by atoms with Crippen LogP contribution in [0.3, 0.4) is 0 Å². The van der Waals surface area contributed by atoms with Crippen LogP contribution in [0.15, 0.2) is 42.6 Å². The smallest absolute Gasteiger partial charge is 0.365 e. The van der Waals surface area contributed by atoms with Crippen molar-refractivity contribution >= 4 is 11.5 Å². The number of benzene rings is 1. The van der Waals surface area contributed by atoms with Crippen LogP contribution in [0.4, 0.5) is 24.7 Å². The summed E-state index contributed by atoms with van der Waals surface area (Å²) in [6.07, 6.45) is -3.32. The molecule has 1 heterocycles. The van der Waals surface area contributed by atoms with Gasteiger partial charge in [0.2, 0.25) is 0 Å². The van der Waals surface area contributed by atoms with Crippen LogP contribution in [0, 0.1) is 10.1 Å². The summed E-state index contributed by atoms with van der Waals surface area (Å²) < 4.78 is 38.4. The normalized spacial score (nSPS) is 11.2. The van der Waals surface area contributed by atoms with E-state index in [1.807, 2.05) is 0 Å². The Hall–Kier alpha value is -2.64. The van der Waals surface area contributed by atoms with E-state index < -0.39 is 16.7 Å². The third kappa shape index (κ3) is 3.47. The molecular weight excluding hydrogens is 287 g/mol. The van der Waals surface area contributed by atoms with Gasteiger partial charge in [-0.05, 0) is 12.1 Å². The second kappa shape index (κ2) is 5.78. The van der Waals surface area contributed by atoms with E-state index in [2.05, 4.69) is 10.3 Å². The highest BCUT2D eigenvalue weighted by Gasteiger charge is 2.34. The number of hydrogen-bond acceptors (Lipinski definition) is 4. The van der Waals surface area contributed by atoms with Gasteiger partial charge in [-0.1, -0.05) is 18.2 Å². The highest BCUT2D eigenvalue weighted by molar-refractivity contribution is 5.48. The quantitative estimate of drug-likeness (QED) is 0.691. The Bertz CT molecular complexity index is 659. The van der Waals surface area contributed by atoms with Crippen molar-refractivity contribution in [1.29, 1.82) is 0 Å². The van der Waals surface area contributed by atoms with Gasteiger partial charge in [0.15, 0.2) is 0 Å². The Labute approximate surface area is 117 Å². The number of halogens is 3. The van der Waals surface area contributed by atoms with E-state index in [-0.39, 0.29) is 23.6 Å². The fraction of sp³-hybridized carbons (Fsp3) is 0.154. The Morgan fingerprint density at radius 1 is 1.19 bits per heavy atom. The Balaban J connectivity index is 2.24. The molecule has 0 fully saturated rings. The van der Waals surface area contributed by atoms with E-state index in [1.165, 1.54) is 30.5 Å². The standard InChI is InChI=1S/C13H10F3N3O2/c14-13(15,16)10-5-3-7-17-12(10)18-8-9-4-1-2-6-11(9)19(20)21/h1-7H,8H2,(H,17,18). The van der Waals surface area contributed by atoms with Crippen molar-refractivity contribution in [3.8, 4) is 0 Å². The number of nitrogens with one attached hydrogen (secondary N) is 1. The third-order valence-electron chi connectivity index (χ3n) is 2.75. The first-order valence-corrected chi connectivity index (χ1v) is 5.88. The van der Waals surface area contributed by atoms with E-state index in [1.54, 1.807) is 6.07 Å². The summed E-state index contributed by atoms with van der Waals surface area (Å²) in [4.78, 5) is 13.9. The van der Waals surface area contributed by atoms with Crippen molar-refractivity contribution in [2.45, 2.75) is 12.7 Å². The van der Waals surface area contributed by atoms with Gasteiger partial charge in [-0.3, -0.25) is 10.1 Å². The zero-order chi connectivity index (χ0) is 15.5. The summed E-state index contributed by atoms with van der Waals surface area (Å²) in [6.45, 7) is -0.128. The average Bonchev–Trinajstić information content (AvgIpc) is 2.44. The van der Waals surface area contributed by atoms with Crippen LogP contribution in [-0.4, -0.2) is 9.91 Å². The minimum Gasteiger partial charge on any atom is -0.365 e. The molecule has 0 bridgehead atoms. The summed E-state index contributed by atoms with van der Waals surface area (Å²) in [5.74, 6) is -0.358. The molecule has 110 valence electrons. The molecule has 0 saturated heterocycles. The number of alkyl halides is 3. The van der Waals surface area contributed by atoms with Crippen LogP contribution >= 0.6 is 0 Å². The van der Waals surface area contributed by atoms with E-state index in [0.29, 0.717) is 0 Å². The van der Waals surface area contributed by atoms with Crippen molar-refractivity contribution in [1.82, 2.24) is 4.98 Å². The number of hydrogen-bond donors (Lipinski definition) is 1. The number of rotatable bonds is 4. The molecule has 0 aliphatic carbocycles. The second-order valence-electron chi connectivity index (χ2n) is 4.14. The second-order valence-corrected chi connectivity index (χ2v) is 4.14. The molecule has 0 aliphatic heterocycles. The number of pyridine rings is 1.